The Morgan fingerprint density at radius 1 is 0.419 bits per heavy atom. The molecule has 0 saturated carbocycles. The molecule has 0 amide bonds. The zero-order valence-electron chi connectivity index (χ0n) is 13.0. The van der Waals surface area contributed by atoms with E-state index in [9.17, 15) is 88.2 Å². The van der Waals surface area contributed by atoms with E-state index in [1.807, 2.05) is 0 Å². The van der Waals surface area contributed by atoms with Crippen LogP contribution in [0.5, 0.6) is 0 Å². The topological polar surface area (TPSA) is 37.3 Å². The Kier molecular flexibility index (Phi) is 6.41. The highest BCUT2D eigenvalue weighted by molar-refractivity contribution is 5.78. The maximum atomic E-state index is 13.6. The third kappa shape index (κ3) is 3.32. The van der Waals surface area contributed by atoms with E-state index in [1.165, 1.54) is 0 Å². The highest BCUT2D eigenvalue weighted by Crippen LogP contribution is 2.67. The number of hydrogen-bond donors (Lipinski definition) is 1. The Morgan fingerprint density at radius 3 is 0.839 bits per heavy atom. The smallest absolute Gasteiger partial charge is 0.438 e. The van der Waals surface area contributed by atoms with Crippen LogP contribution in [0, 0.1) is 0 Å². The summed E-state index contributed by atoms with van der Waals surface area (Å²) in [6.45, 7) is 0. The van der Waals surface area contributed by atoms with E-state index < -0.39 is 59.5 Å². The number of hydrogen-bond acceptors (Lipinski definition) is 1. The van der Waals surface area contributed by atoms with Crippen molar-refractivity contribution in [3.05, 3.63) is 0 Å². The minimum absolute atomic E-state index is 4.75. The van der Waals surface area contributed by atoms with Gasteiger partial charge in [-0.2, -0.15) is 74.6 Å². The molecule has 0 aliphatic carbocycles. The van der Waals surface area contributed by atoms with E-state index in [0.717, 1.165) is 0 Å². The minimum atomic E-state index is -9.25. The van der Waals surface area contributed by atoms with E-state index in [4.69, 9.17) is 5.11 Å². The molecule has 0 aliphatic heterocycles. The number of carboxylic acid groups (broad SMARTS) is 1. The van der Waals surface area contributed by atoms with Gasteiger partial charge in [0.15, 0.2) is 0 Å². The van der Waals surface area contributed by atoms with Crippen molar-refractivity contribution in [3.63, 3.8) is 0 Å². The summed E-state index contributed by atoms with van der Waals surface area (Å²) in [4.78, 5) is 9.96. The SMILES string of the molecule is O=C(O)C(F)(F)C(F)(C(F)(F)F)C(F)(F)C(F)(F)C(F)(F)C(F)(C(F)(F)F)C(F)(F)F. The van der Waals surface area contributed by atoms with Crippen molar-refractivity contribution in [2.24, 2.45) is 0 Å². The lowest BCUT2D eigenvalue weighted by atomic mass is 9.79. The van der Waals surface area contributed by atoms with Crippen LogP contribution < -0.4 is 0 Å². The van der Waals surface area contributed by atoms with Crippen molar-refractivity contribution in [1.82, 2.24) is 0 Å². The number of rotatable bonds is 6. The van der Waals surface area contributed by atoms with Gasteiger partial charge in [0, 0.05) is 0 Å². The Morgan fingerprint density at radius 2 is 0.645 bits per heavy atom. The maximum absolute atomic E-state index is 13.6. The lowest BCUT2D eigenvalue weighted by molar-refractivity contribution is -0.469. The molecule has 1 unspecified atom stereocenters. The summed E-state index contributed by atoms with van der Waals surface area (Å²) >= 11 is 0. The molecule has 0 aromatic heterocycles. The predicted molar refractivity (Wildman–Crippen MR) is 53.3 cm³/mol. The largest absolute Gasteiger partial charge is 0.477 e. The zero-order valence-corrected chi connectivity index (χ0v) is 13.0. The standard InChI is InChI=1S/C10HF19O2/c11-2(12,1(30)31)3(13,8(21,22)23)5(15,16)7(19,20)6(17,18)4(14,9(24,25)26)10(27,28)29/h(H,30,31). The summed E-state index contributed by atoms with van der Waals surface area (Å²) in [5, 5.41) is 7.70. The molecule has 2 nitrogen and oxygen atoms in total. The summed E-state index contributed by atoms with van der Waals surface area (Å²) < 4.78 is 243. The van der Waals surface area contributed by atoms with Crippen LogP contribution in [-0.2, 0) is 4.79 Å². The number of carbonyl (C=O) groups is 1. The van der Waals surface area contributed by atoms with E-state index in [1.54, 1.807) is 0 Å². The number of halogens is 19. The van der Waals surface area contributed by atoms with Gasteiger partial charge < -0.3 is 5.11 Å². The van der Waals surface area contributed by atoms with Crippen molar-refractivity contribution in [2.75, 3.05) is 0 Å². The Balaban J connectivity index is 7.48. The number of alkyl halides is 19. The quantitative estimate of drug-likeness (QED) is 0.461. The van der Waals surface area contributed by atoms with Gasteiger partial charge in [0.1, 0.15) is 0 Å². The second-order valence-corrected chi connectivity index (χ2v) is 5.41. The highest BCUT2D eigenvalue weighted by Gasteiger charge is 3.00. The van der Waals surface area contributed by atoms with Gasteiger partial charge in [0.2, 0.25) is 0 Å². The normalized spacial score (nSPS) is 18.0. The van der Waals surface area contributed by atoms with Crippen LogP contribution in [0.1, 0.15) is 0 Å². The van der Waals surface area contributed by atoms with E-state index in [2.05, 4.69) is 0 Å². The molecular weight excluding hydrogens is 513 g/mol. The molecule has 1 atom stereocenters. The Labute approximate surface area is 154 Å². The third-order valence-corrected chi connectivity index (χ3v) is 3.53. The molecule has 0 fully saturated rings. The molecule has 21 heteroatoms. The fourth-order valence-electron chi connectivity index (χ4n) is 1.85. The first-order chi connectivity index (χ1) is 12.9. The maximum Gasteiger partial charge on any atom is 0.438 e. The van der Waals surface area contributed by atoms with Crippen molar-refractivity contribution in [2.45, 2.75) is 53.6 Å². The van der Waals surface area contributed by atoms with Crippen molar-refractivity contribution in [1.29, 1.82) is 0 Å². The van der Waals surface area contributed by atoms with E-state index >= 15 is 0 Å². The van der Waals surface area contributed by atoms with Crippen molar-refractivity contribution in [3.8, 4) is 0 Å². The highest BCUT2D eigenvalue weighted by atomic mass is 19.4. The number of carboxylic acids is 1. The van der Waals surface area contributed by atoms with Crippen LogP contribution in [-0.4, -0.2) is 64.6 Å². The Bertz CT molecular complexity index is 682. The van der Waals surface area contributed by atoms with Gasteiger partial charge >= 0.3 is 59.5 Å². The second kappa shape index (κ2) is 6.82. The third-order valence-electron chi connectivity index (χ3n) is 3.53. The molecule has 0 spiro atoms. The second-order valence-electron chi connectivity index (χ2n) is 5.41. The monoisotopic (exact) mass is 514 g/mol. The molecule has 0 heterocycles. The summed E-state index contributed by atoms with van der Waals surface area (Å²) in [5.74, 6) is -40.3. The van der Waals surface area contributed by atoms with Crippen molar-refractivity contribution >= 4 is 5.97 Å². The van der Waals surface area contributed by atoms with Crippen LogP contribution in [0.2, 0.25) is 0 Å². The molecule has 0 radical (unpaired) electrons. The minimum Gasteiger partial charge on any atom is -0.477 e. The molecular formula is C10HF19O2. The summed E-state index contributed by atoms with van der Waals surface area (Å²) in [7, 11) is 0. The molecule has 186 valence electrons. The summed E-state index contributed by atoms with van der Waals surface area (Å²) in [6.07, 6.45) is -25.2. The van der Waals surface area contributed by atoms with Gasteiger partial charge in [-0.3, -0.25) is 0 Å². The van der Waals surface area contributed by atoms with Crippen LogP contribution in [0.25, 0.3) is 0 Å². The Hall–Kier alpha value is -1.86. The van der Waals surface area contributed by atoms with E-state index in [0.29, 0.717) is 0 Å². The molecule has 0 aromatic rings. The summed E-state index contributed by atoms with van der Waals surface area (Å²) in [6, 6.07) is 0. The first-order valence-corrected chi connectivity index (χ1v) is 6.27. The fourth-order valence-corrected chi connectivity index (χ4v) is 1.85. The zero-order chi connectivity index (χ0) is 26.1. The van der Waals surface area contributed by atoms with Gasteiger partial charge in [-0.1, -0.05) is 0 Å². The molecule has 1 N–H and O–H groups in total. The summed E-state index contributed by atoms with van der Waals surface area (Å²) in [5.41, 5.74) is -17.7. The van der Waals surface area contributed by atoms with Crippen LogP contribution in [0.3, 0.4) is 0 Å². The number of aliphatic carboxylic acids is 1. The van der Waals surface area contributed by atoms with Crippen LogP contribution in [0.15, 0.2) is 0 Å². The van der Waals surface area contributed by atoms with Gasteiger partial charge in [-0.25, -0.2) is 13.6 Å². The molecule has 0 rings (SSSR count). The molecule has 0 saturated heterocycles. The molecule has 31 heavy (non-hydrogen) atoms. The first-order valence-electron chi connectivity index (χ1n) is 6.27. The van der Waals surface area contributed by atoms with Crippen molar-refractivity contribution < 1.29 is 93.3 Å². The molecule has 0 aliphatic rings. The lowest BCUT2D eigenvalue weighted by Gasteiger charge is -2.46. The van der Waals surface area contributed by atoms with Gasteiger partial charge in [-0.05, 0) is 0 Å². The van der Waals surface area contributed by atoms with Gasteiger partial charge in [-0.15, -0.1) is 0 Å². The lowest BCUT2D eigenvalue weighted by Crippen LogP contribution is -2.80. The fraction of sp³-hybridized carbons (Fsp3) is 0.900. The average molecular weight is 514 g/mol. The van der Waals surface area contributed by atoms with Gasteiger partial charge in [0.25, 0.3) is 0 Å². The predicted octanol–water partition coefficient (Wildman–Crippen LogP) is 5.72. The van der Waals surface area contributed by atoms with Gasteiger partial charge in [0.05, 0.1) is 0 Å². The van der Waals surface area contributed by atoms with Crippen LogP contribution in [0.4, 0.5) is 83.4 Å². The molecule has 0 aromatic carbocycles. The van der Waals surface area contributed by atoms with E-state index in [-0.39, 0.29) is 0 Å². The average Bonchev–Trinajstić information content (AvgIpc) is 2.48. The van der Waals surface area contributed by atoms with Crippen LogP contribution >= 0.6 is 0 Å². The molecule has 0 bridgehead atoms. The first kappa shape index (κ1) is 29.1.